The van der Waals surface area contributed by atoms with E-state index in [1.807, 2.05) is 29.0 Å². The first-order chi connectivity index (χ1) is 11.8. The molecular formula is C17H15N3O3S. The molecule has 0 spiro atoms. The van der Waals surface area contributed by atoms with Crippen molar-refractivity contribution in [1.29, 1.82) is 0 Å². The molecule has 0 radical (unpaired) electrons. The van der Waals surface area contributed by atoms with Crippen LogP contribution in [-0.4, -0.2) is 41.1 Å². The summed E-state index contributed by atoms with van der Waals surface area (Å²) < 4.78 is 10.6. The van der Waals surface area contributed by atoms with E-state index in [1.54, 1.807) is 35.5 Å². The summed E-state index contributed by atoms with van der Waals surface area (Å²) in [4.78, 5) is 18.8. The number of methoxy groups -OCH3 is 1. The summed E-state index contributed by atoms with van der Waals surface area (Å²) >= 11 is 1.59. The Bertz CT molecular complexity index is 854. The number of rotatable bonds is 4. The quantitative estimate of drug-likeness (QED) is 0.729. The average molecular weight is 341 g/mol. The van der Waals surface area contributed by atoms with E-state index in [0.29, 0.717) is 36.1 Å². The lowest BCUT2D eigenvalue weighted by Gasteiger charge is -2.37. The topological polar surface area (TPSA) is 68.5 Å². The Kier molecular flexibility index (Phi) is 3.78. The summed E-state index contributed by atoms with van der Waals surface area (Å²) in [6.45, 7) is 1.14. The molecule has 0 aliphatic carbocycles. The number of para-hydroxylation sites is 1. The van der Waals surface area contributed by atoms with E-state index in [-0.39, 0.29) is 11.8 Å². The van der Waals surface area contributed by atoms with Crippen LogP contribution in [0, 0.1) is 0 Å². The molecule has 1 saturated heterocycles. The van der Waals surface area contributed by atoms with Crippen LogP contribution in [-0.2, 0) is 0 Å². The van der Waals surface area contributed by atoms with Gasteiger partial charge in [0.2, 0.25) is 11.7 Å². The monoisotopic (exact) mass is 341 g/mol. The molecule has 0 saturated carbocycles. The molecule has 0 N–H and O–H groups in total. The van der Waals surface area contributed by atoms with E-state index in [9.17, 15) is 4.79 Å². The molecular weight excluding hydrogens is 326 g/mol. The van der Waals surface area contributed by atoms with Crippen molar-refractivity contribution in [3.05, 3.63) is 52.5 Å². The number of likely N-dealkylation sites (tertiary alicyclic amines) is 1. The normalized spacial score (nSPS) is 14.5. The van der Waals surface area contributed by atoms with Crippen LogP contribution in [0.25, 0.3) is 11.4 Å². The minimum atomic E-state index is -0.0405. The highest BCUT2D eigenvalue weighted by atomic mass is 32.1. The van der Waals surface area contributed by atoms with E-state index >= 15 is 0 Å². The Morgan fingerprint density at radius 3 is 2.92 bits per heavy atom. The van der Waals surface area contributed by atoms with Crippen LogP contribution >= 0.6 is 11.3 Å². The van der Waals surface area contributed by atoms with Crippen molar-refractivity contribution in [3.63, 3.8) is 0 Å². The first-order valence-corrected chi connectivity index (χ1v) is 8.49. The second kappa shape index (κ2) is 6.09. The number of benzene rings is 1. The standard InChI is InChI=1S/C17H15N3O3S/c1-22-14-5-3-2-4-13(14)17(21)20-8-12(9-20)16-18-15(19-23-16)11-6-7-24-10-11/h2-7,10,12H,8-9H2,1H3. The van der Waals surface area contributed by atoms with Gasteiger partial charge in [0.25, 0.3) is 5.91 Å². The molecule has 7 heteroatoms. The largest absolute Gasteiger partial charge is 0.496 e. The highest BCUT2D eigenvalue weighted by molar-refractivity contribution is 7.08. The summed E-state index contributed by atoms with van der Waals surface area (Å²) in [6.07, 6.45) is 0. The summed E-state index contributed by atoms with van der Waals surface area (Å²) in [5.41, 5.74) is 1.53. The molecule has 1 aromatic carbocycles. The number of amides is 1. The van der Waals surface area contributed by atoms with Crippen molar-refractivity contribution in [2.24, 2.45) is 0 Å². The molecule has 0 unspecified atom stereocenters. The van der Waals surface area contributed by atoms with Gasteiger partial charge in [-0.3, -0.25) is 4.79 Å². The molecule has 0 bridgehead atoms. The Labute approximate surface area is 142 Å². The number of nitrogens with zero attached hydrogens (tertiary/aromatic N) is 3. The van der Waals surface area contributed by atoms with Gasteiger partial charge >= 0.3 is 0 Å². The SMILES string of the molecule is COc1ccccc1C(=O)N1CC(c2nc(-c3ccsc3)no2)C1. The van der Waals surface area contributed by atoms with Gasteiger partial charge in [-0.1, -0.05) is 17.3 Å². The van der Waals surface area contributed by atoms with E-state index in [1.165, 1.54) is 0 Å². The maximum atomic E-state index is 12.6. The Hall–Kier alpha value is -2.67. The van der Waals surface area contributed by atoms with E-state index < -0.39 is 0 Å². The molecule has 1 aliphatic heterocycles. The lowest BCUT2D eigenvalue weighted by Crippen LogP contribution is -2.48. The number of carbonyl (C=O) groups is 1. The van der Waals surface area contributed by atoms with Crippen LogP contribution in [0.2, 0.25) is 0 Å². The van der Waals surface area contributed by atoms with E-state index in [2.05, 4.69) is 10.1 Å². The second-order valence-electron chi connectivity index (χ2n) is 5.58. The molecule has 1 amide bonds. The van der Waals surface area contributed by atoms with Crippen LogP contribution < -0.4 is 4.74 Å². The third-order valence-corrected chi connectivity index (χ3v) is 4.76. The van der Waals surface area contributed by atoms with Crippen LogP contribution in [0.3, 0.4) is 0 Å². The van der Waals surface area contributed by atoms with Crippen molar-refractivity contribution in [3.8, 4) is 17.1 Å². The van der Waals surface area contributed by atoms with Gasteiger partial charge in [-0.2, -0.15) is 16.3 Å². The molecule has 24 heavy (non-hydrogen) atoms. The zero-order valence-electron chi connectivity index (χ0n) is 13.0. The van der Waals surface area contributed by atoms with Gasteiger partial charge in [0.05, 0.1) is 18.6 Å². The van der Waals surface area contributed by atoms with Gasteiger partial charge in [-0.15, -0.1) is 0 Å². The summed E-state index contributed by atoms with van der Waals surface area (Å²) in [5.74, 6) is 1.81. The first kappa shape index (κ1) is 14.9. The van der Waals surface area contributed by atoms with Gasteiger partial charge in [-0.05, 0) is 23.6 Å². The fourth-order valence-electron chi connectivity index (χ4n) is 2.70. The molecule has 3 heterocycles. The van der Waals surface area contributed by atoms with Gasteiger partial charge in [-0.25, -0.2) is 0 Å². The number of thiophene rings is 1. The average Bonchev–Trinajstić information content (AvgIpc) is 3.24. The molecule has 1 aliphatic rings. The van der Waals surface area contributed by atoms with Crippen molar-refractivity contribution in [1.82, 2.24) is 15.0 Å². The maximum absolute atomic E-state index is 12.6. The molecule has 4 rings (SSSR count). The summed E-state index contributed by atoms with van der Waals surface area (Å²) in [6, 6.07) is 9.19. The fourth-order valence-corrected chi connectivity index (χ4v) is 3.34. The number of hydrogen-bond acceptors (Lipinski definition) is 6. The lowest BCUT2D eigenvalue weighted by molar-refractivity contribution is 0.0566. The Morgan fingerprint density at radius 2 is 2.17 bits per heavy atom. The minimum absolute atomic E-state index is 0.0405. The van der Waals surface area contributed by atoms with Gasteiger partial charge in [0.1, 0.15) is 5.75 Å². The molecule has 122 valence electrons. The molecule has 1 fully saturated rings. The zero-order chi connectivity index (χ0) is 16.5. The number of ether oxygens (including phenoxy) is 1. The van der Waals surface area contributed by atoms with Gasteiger partial charge in [0, 0.05) is 24.0 Å². The number of aromatic nitrogens is 2. The summed E-state index contributed by atoms with van der Waals surface area (Å²) in [7, 11) is 1.56. The van der Waals surface area contributed by atoms with Gasteiger partial charge < -0.3 is 14.2 Å². The molecule has 6 nitrogen and oxygen atoms in total. The van der Waals surface area contributed by atoms with Crippen LogP contribution in [0.15, 0.2) is 45.6 Å². The predicted octanol–water partition coefficient (Wildman–Crippen LogP) is 3.05. The van der Waals surface area contributed by atoms with E-state index in [4.69, 9.17) is 9.26 Å². The zero-order valence-corrected chi connectivity index (χ0v) is 13.8. The van der Waals surface area contributed by atoms with Crippen LogP contribution in [0.4, 0.5) is 0 Å². The fraction of sp³-hybridized carbons (Fsp3) is 0.235. The minimum Gasteiger partial charge on any atom is -0.496 e. The third kappa shape index (κ3) is 2.56. The second-order valence-corrected chi connectivity index (χ2v) is 6.36. The van der Waals surface area contributed by atoms with Crippen molar-refractivity contribution in [2.45, 2.75) is 5.92 Å². The maximum Gasteiger partial charge on any atom is 0.257 e. The number of hydrogen-bond donors (Lipinski definition) is 0. The van der Waals surface area contributed by atoms with Crippen molar-refractivity contribution < 1.29 is 14.1 Å². The number of carbonyl (C=O) groups excluding carboxylic acids is 1. The van der Waals surface area contributed by atoms with Crippen molar-refractivity contribution in [2.75, 3.05) is 20.2 Å². The lowest BCUT2D eigenvalue weighted by atomic mass is 9.98. The Balaban J connectivity index is 1.44. The third-order valence-electron chi connectivity index (χ3n) is 4.08. The first-order valence-electron chi connectivity index (χ1n) is 7.54. The highest BCUT2D eigenvalue weighted by Gasteiger charge is 2.36. The molecule has 0 atom stereocenters. The van der Waals surface area contributed by atoms with Gasteiger partial charge in [0.15, 0.2) is 0 Å². The predicted molar refractivity (Wildman–Crippen MR) is 89.2 cm³/mol. The molecule has 2 aromatic heterocycles. The molecule has 3 aromatic rings. The highest BCUT2D eigenvalue weighted by Crippen LogP contribution is 2.30. The van der Waals surface area contributed by atoms with Crippen LogP contribution in [0.1, 0.15) is 22.2 Å². The van der Waals surface area contributed by atoms with Crippen molar-refractivity contribution >= 4 is 17.2 Å². The van der Waals surface area contributed by atoms with E-state index in [0.717, 1.165) is 5.56 Å². The summed E-state index contributed by atoms with van der Waals surface area (Å²) in [5, 5.41) is 7.97. The Morgan fingerprint density at radius 1 is 1.33 bits per heavy atom. The van der Waals surface area contributed by atoms with Crippen LogP contribution in [0.5, 0.6) is 5.75 Å². The smallest absolute Gasteiger partial charge is 0.257 e.